The monoisotopic (exact) mass is 404 g/mol. The van der Waals surface area contributed by atoms with Crippen molar-refractivity contribution in [2.45, 2.75) is 63.1 Å². The Morgan fingerprint density at radius 2 is 2.07 bits per heavy atom. The maximum atomic E-state index is 12.9. The lowest BCUT2D eigenvalue weighted by molar-refractivity contribution is -0.141. The number of oxime groups is 1. The van der Waals surface area contributed by atoms with Crippen molar-refractivity contribution in [2.75, 3.05) is 13.6 Å². The highest BCUT2D eigenvalue weighted by Crippen LogP contribution is 2.29. The molecule has 0 bridgehead atoms. The van der Waals surface area contributed by atoms with Crippen LogP contribution in [0.2, 0.25) is 5.02 Å². The summed E-state index contributed by atoms with van der Waals surface area (Å²) in [5, 5.41) is 4.87. The largest absolute Gasteiger partial charge is 0.382 e. The molecule has 152 valence electrons. The van der Waals surface area contributed by atoms with Gasteiger partial charge in [0.1, 0.15) is 0 Å². The summed E-state index contributed by atoms with van der Waals surface area (Å²) in [5.74, 6) is 0.589. The van der Waals surface area contributed by atoms with Crippen molar-refractivity contribution in [1.82, 2.24) is 15.8 Å². The summed E-state index contributed by atoms with van der Waals surface area (Å²) < 4.78 is 0. The van der Waals surface area contributed by atoms with Gasteiger partial charge in [-0.05, 0) is 30.4 Å². The molecule has 0 aromatic heterocycles. The molecule has 1 amide bonds. The lowest BCUT2D eigenvalue weighted by Gasteiger charge is -2.27. The Balaban J connectivity index is 1.29. The summed E-state index contributed by atoms with van der Waals surface area (Å²) in [6.45, 7) is 0.687. The van der Waals surface area contributed by atoms with Gasteiger partial charge in [-0.3, -0.25) is 15.6 Å². The molecule has 1 saturated carbocycles. The summed E-state index contributed by atoms with van der Waals surface area (Å²) in [7, 11) is 1.86. The van der Waals surface area contributed by atoms with E-state index in [1.54, 1.807) is 4.90 Å². The highest BCUT2D eigenvalue weighted by atomic mass is 35.5. The first-order valence-corrected chi connectivity index (χ1v) is 10.7. The van der Waals surface area contributed by atoms with Gasteiger partial charge in [0, 0.05) is 43.5 Å². The number of carbonyl (C=O) groups excluding carboxylic acids is 1. The number of likely N-dealkylation sites (N-methyl/N-ethyl adjacent to an activating group) is 1. The number of nitrogens with zero attached hydrogens (tertiary/aromatic N) is 2. The van der Waals surface area contributed by atoms with Crippen LogP contribution in [-0.2, 0) is 16.1 Å². The SMILES string of the molecule is CN(CC1NNC2CCCCCC21)C(=O)C1CC(Cc2ccccc2Cl)=NO1. The van der Waals surface area contributed by atoms with Gasteiger partial charge in [0.25, 0.3) is 5.91 Å². The van der Waals surface area contributed by atoms with Gasteiger partial charge in [-0.2, -0.15) is 0 Å². The predicted molar refractivity (Wildman–Crippen MR) is 110 cm³/mol. The molecule has 0 spiro atoms. The molecular weight excluding hydrogens is 376 g/mol. The van der Waals surface area contributed by atoms with Crippen LogP contribution in [0, 0.1) is 5.92 Å². The van der Waals surface area contributed by atoms with Crippen LogP contribution in [0.5, 0.6) is 0 Å². The molecule has 7 heteroatoms. The standard InChI is InChI=1S/C21H29ClN4O2/c1-26(13-19-16-8-3-2-4-10-18(16)23-24-19)21(27)20-12-15(25-28-20)11-14-7-5-6-9-17(14)22/h5-7,9,16,18-20,23-24H,2-4,8,10-13H2,1H3. The topological polar surface area (TPSA) is 66.0 Å². The molecule has 4 unspecified atom stereocenters. The number of benzene rings is 1. The quantitative estimate of drug-likeness (QED) is 0.791. The zero-order valence-corrected chi connectivity index (χ0v) is 17.1. The van der Waals surface area contributed by atoms with E-state index < -0.39 is 6.10 Å². The summed E-state index contributed by atoms with van der Waals surface area (Å²) in [6.07, 6.45) is 6.95. The highest BCUT2D eigenvalue weighted by molar-refractivity contribution is 6.31. The molecule has 1 aliphatic carbocycles. The van der Waals surface area contributed by atoms with Crippen molar-refractivity contribution in [3.63, 3.8) is 0 Å². The molecule has 2 heterocycles. The summed E-state index contributed by atoms with van der Waals surface area (Å²) in [5.41, 5.74) is 8.74. The highest BCUT2D eigenvalue weighted by Gasteiger charge is 2.38. The first-order chi connectivity index (χ1) is 13.6. The number of hydrazine groups is 1. The van der Waals surface area contributed by atoms with Crippen LogP contribution in [0.1, 0.15) is 44.1 Å². The fraction of sp³-hybridized carbons (Fsp3) is 0.619. The molecule has 6 nitrogen and oxygen atoms in total. The third-order valence-electron chi connectivity index (χ3n) is 6.24. The van der Waals surface area contributed by atoms with E-state index in [4.69, 9.17) is 16.4 Å². The Bertz CT molecular complexity index is 741. The molecular formula is C21H29ClN4O2. The molecule has 1 aromatic carbocycles. The second-order valence-corrected chi connectivity index (χ2v) is 8.65. The Morgan fingerprint density at radius 1 is 1.25 bits per heavy atom. The smallest absolute Gasteiger partial charge is 0.266 e. The van der Waals surface area contributed by atoms with Crippen LogP contribution in [0.25, 0.3) is 0 Å². The molecule has 28 heavy (non-hydrogen) atoms. The number of halogens is 1. The molecule has 1 saturated heterocycles. The van der Waals surface area contributed by atoms with Gasteiger partial charge in [0.2, 0.25) is 6.10 Å². The number of hydrogen-bond donors (Lipinski definition) is 2. The van der Waals surface area contributed by atoms with Gasteiger partial charge >= 0.3 is 0 Å². The molecule has 2 fully saturated rings. The van der Waals surface area contributed by atoms with E-state index in [2.05, 4.69) is 16.0 Å². The molecule has 3 aliphatic rings. The summed E-state index contributed by atoms with van der Waals surface area (Å²) in [6, 6.07) is 8.54. The number of amides is 1. The van der Waals surface area contributed by atoms with E-state index in [0.717, 1.165) is 16.3 Å². The maximum absolute atomic E-state index is 12.9. The van der Waals surface area contributed by atoms with Gasteiger partial charge in [-0.15, -0.1) is 0 Å². The summed E-state index contributed by atoms with van der Waals surface area (Å²) in [4.78, 5) is 20.1. The second kappa shape index (κ2) is 8.80. The number of rotatable bonds is 5. The van der Waals surface area contributed by atoms with Gasteiger partial charge in [0.05, 0.1) is 5.71 Å². The zero-order valence-electron chi connectivity index (χ0n) is 16.4. The lowest BCUT2D eigenvalue weighted by Crippen LogP contribution is -2.46. The average Bonchev–Trinajstić information content (AvgIpc) is 3.23. The van der Waals surface area contributed by atoms with Gasteiger partial charge in [-0.25, -0.2) is 0 Å². The summed E-state index contributed by atoms with van der Waals surface area (Å²) >= 11 is 6.23. The first-order valence-electron chi connectivity index (χ1n) is 10.3. The van der Waals surface area contributed by atoms with Crippen LogP contribution >= 0.6 is 11.6 Å². The number of nitrogens with one attached hydrogen (secondary N) is 2. The zero-order chi connectivity index (χ0) is 19.5. The minimum atomic E-state index is -0.526. The molecule has 2 N–H and O–H groups in total. The molecule has 2 aliphatic heterocycles. The fourth-order valence-corrected chi connectivity index (χ4v) is 4.86. The number of carbonyl (C=O) groups is 1. The van der Waals surface area contributed by atoms with Crippen molar-refractivity contribution >= 4 is 23.2 Å². The number of hydrogen-bond acceptors (Lipinski definition) is 5. The maximum Gasteiger partial charge on any atom is 0.266 e. The van der Waals surface area contributed by atoms with E-state index >= 15 is 0 Å². The Morgan fingerprint density at radius 3 is 2.93 bits per heavy atom. The van der Waals surface area contributed by atoms with E-state index in [1.807, 2.05) is 31.3 Å². The van der Waals surface area contributed by atoms with E-state index in [-0.39, 0.29) is 5.91 Å². The Hall–Kier alpha value is -1.63. The van der Waals surface area contributed by atoms with E-state index in [9.17, 15) is 4.79 Å². The Kier molecular flexibility index (Phi) is 6.19. The molecule has 4 atom stereocenters. The van der Waals surface area contributed by atoms with Crippen LogP contribution in [0.15, 0.2) is 29.4 Å². The lowest BCUT2D eigenvalue weighted by atomic mass is 9.90. The van der Waals surface area contributed by atoms with Gasteiger partial charge < -0.3 is 9.74 Å². The van der Waals surface area contributed by atoms with Crippen LogP contribution < -0.4 is 10.9 Å². The number of fused-ring (bicyclic) bond motifs is 1. The third-order valence-corrected chi connectivity index (χ3v) is 6.61. The van der Waals surface area contributed by atoms with Crippen molar-refractivity contribution in [3.8, 4) is 0 Å². The van der Waals surface area contributed by atoms with Crippen molar-refractivity contribution < 1.29 is 9.63 Å². The third kappa shape index (κ3) is 4.34. The minimum absolute atomic E-state index is 0.00298. The normalized spacial score (nSPS) is 29.6. The molecule has 4 rings (SSSR count). The molecule has 0 radical (unpaired) electrons. The van der Waals surface area contributed by atoms with E-state index in [1.165, 1.54) is 32.1 Å². The predicted octanol–water partition coefficient (Wildman–Crippen LogP) is 2.91. The van der Waals surface area contributed by atoms with Crippen molar-refractivity contribution in [1.29, 1.82) is 0 Å². The fourth-order valence-electron chi connectivity index (χ4n) is 4.66. The molecule has 1 aromatic rings. The minimum Gasteiger partial charge on any atom is -0.382 e. The second-order valence-electron chi connectivity index (χ2n) is 8.25. The van der Waals surface area contributed by atoms with Crippen molar-refractivity contribution in [3.05, 3.63) is 34.9 Å². The van der Waals surface area contributed by atoms with Gasteiger partial charge in [-0.1, -0.05) is 54.2 Å². The van der Waals surface area contributed by atoms with Crippen molar-refractivity contribution in [2.24, 2.45) is 11.1 Å². The van der Waals surface area contributed by atoms with Crippen LogP contribution in [-0.4, -0.2) is 48.3 Å². The van der Waals surface area contributed by atoms with Gasteiger partial charge in [0.15, 0.2) is 0 Å². The van der Waals surface area contributed by atoms with Crippen LogP contribution in [0.3, 0.4) is 0 Å². The Labute approximate surface area is 171 Å². The average molecular weight is 405 g/mol. The van der Waals surface area contributed by atoms with Crippen LogP contribution in [0.4, 0.5) is 0 Å². The first kappa shape index (κ1) is 19.7. The van der Waals surface area contributed by atoms with E-state index in [0.29, 0.717) is 37.4 Å².